The molecule has 0 unspecified atom stereocenters. The molecule has 0 atom stereocenters. The number of carbonyl (C=O) groups is 2. The third kappa shape index (κ3) is 6.84. The van der Waals surface area contributed by atoms with Crippen molar-refractivity contribution >= 4 is 23.2 Å². The molecule has 3 rings (SSSR count). The van der Waals surface area contributed by atoms with Gasteiger partial charge in [0.05, 0.1) is 24.6 Å². The SMILES string of the molecule is CCOc1cc(NC(=O)c2ccccc2)c(OCC)cc1NC(=O)CCc1ccc(C)cc1. The number of carbonyl (C=O) groups excluding carboxylic acids is 2. The summed E-state index contributed by atoms with van der Waals surface area (Å²) in [5.74, 6) is 0.543. The quantitative estimate of drug-likeness (QED) is 0.424. The van der Waals surface area contributed by atoms with E-state index < -0.39 is 0 Å². The van der Waals surface area contributed by atoms with Crippen molar-refractivity contribution in [2.24, 2.45) is 0 Å². The minimum absolute atomic E-state index is 0.125. The lowest BCUT2D eigenvalue weighted by molar-refractivity contribution is -0.116. The molecule has 0 fully saturated rings. The Balaban J connectivity index is 1.78. The molecular weight excluding hydrogens is 416 g/mol. The first-order chi connectivity index (χ1) is 16.0. The van der Waals surface area contributed by atoms with Crippen molar-refractivity contribution < 1.29 is 19.1 Å². The minimum Gasteiger partial charge on any atom is -0.492 e. The highest BCUT2D eigenvalue weighted by Gasteiger charge is 2.17. The average Bonchev–Trinajstić information content (AvgIpc) is 2.82. The van der Waals surface area contributed by atoms with Crippen molar-refractivity contribution in [2.75, 3.05) is 23.8 Å². The maximum absolute atomic E-state index is 12.7. The van der Waals surface area contributed by atoms with Crippen molar-refractivity contribution in [1.82, 2.24) is 0 Å². The van der Waals surface area contributed by atoms with Crippen LogP contribution in [0.3, 0.4) is 0 Å². The molecule has 2 N–H and O–H groups in total. The highest BCUT2D eigenvalue weighted by Crippen LogP contribution is 2.37. The minimum atomic E-state index is -0.256. The Bertz CT molecular complexity index is 1080. The first kappa shape index (κ1) is 23.9. The summed E-state index contributed by atoms with van der Waals surface area (Å²) in [5, 5.41) is 5.82. The zero-order valence-corrected chi connectivity index (χ0v) is 19.3. The Kier molecular flexibility index (Phi) is 8.47. The summed E-state index contributed by atoms with van der Waals surface area (Å²) in [4.78, 5) is 25.3. The third-order valence-corrected chi connectivity index (χ3v) is 5.00. The number of amides is 2. The predicted molar refractivity (Wildman–Crippen MR) is 131 cm³/mol. The van der Waals surface area contributed by atoms with Crippen LogP contribution in [0.15, 0.2) is 66.7 Å². The summed E-state index contributed by atoms with van der Waals surface area (Å²) in [6.07, 6.45) is 0.977. The second-order valence-electron chi connectivity index (χ2n) is 7.56. The Hall–Kier alpha value is -3.80. The second kappa shape index (κ2) is 11.7. The Labute approximate surface area is 194 Å². The standard InChI is InChI=1S/C27H30N2O4/c1-4-32-24-18-23(29-27(31)21-9-7-6-8-10-21)25(33-5-2)17-22(24)28-26(30)16-15-20-13-11-19(3)12-14-20/h6-14,17-18H,4-5,15-16H2,1-3H3,(H,28,30)(H,29,31). The molecule has 6 nitrogen and oxygen atoms in total. The van der Waals surface area contributed by atoms with Crippen molar-refractivity contribution in [3.8, 4) is 11.5 Å². The molecule has 0 aliphatic heterocycles. The van der Waals surface area contributed by atoms with Crippen LogP contribution in [0, 0.1) is 6.92 Å². The Morgan fingerprint density at radius 1 is 0.788 bits per heavy atom. The number of anilines is 2. The maximum atomic E-state index is 12.7. The molecule has 3 aromatic carbocycles. The van der Waals surface area contributed by atoms with E-state index >= 15 is 0 Å². The molecule has 0 saturated heterocycles. The molecule has 0 saturated carbocycles. The molecule has 33 heavy (non-hydrogen) atoms. The highest BCUT2D eigenvalue weighted by molar-refractivity contribution is 6.05. The van der Waals surface area contributed by atoms with E-state index in [2.05, 4.69) is 10.6 Å². The van der Waals surface area contributed by atoms with E-state index in [0.717, 1.165) is 5.56 Å². The number of rotatable bonds is 10. The van der Waals surface area contributed by atoms with E-state index in [-0.39, 0.29) is 11.8 Å². The molecule has 0 aliphatic rings. The smallest absolute Gasteiger partial charge is 0.255 e. The monoisotopic (exact) mass is 446 g/mol. The largest absolute Gasteiger partial charge is 0.492 e. The van der Waals surface area contributed by atoms with Crippen LogP contribution in [0.1, 0.15) is 41.8 Å². The van der Waals surface area contributed by atoms with Gasteiger partial charge in [-0.15, -0.1) is 0 Å². The molecule has 0 spiro atoms. The summed E-state index contributed by atoms with van der Waals surface area (Å²) < 4.78 is 11.5. The molecule has 0 radical (unpaired) electrons. The summed E-state index contributed by atoms with van der Waals surface area (Å²) in [7, 11) is 0. The van der Waals surface area contributed by atoms with Gasteiger partial charge in [-0.25, -0.2) is 0 Å². The van der Waals surface area contributed by atoms with Crippen molar-refractivity contribution in [3.63, 3.8) is 0 Å². The van der Waals surface area contributed by atoms with Gasteiger partial charge in [0.15, 0.2) is 0 Å². The van der Waals surface area contributed by atoms with E-state index in [1.165, 1.54) is 5.56 Å². The average molecular weight is 447 g/mol. The van der Waals surface area contributed by atoms with Crippen LogP contribution in [-0.2, 0) is 11.2 Å². The lowest BCUT2D eigenvalue weighted by Crippen LogP contribution is -2.16. The van der Waals surface area contributed by atoms with Crippen LogP contribution in [0.4, 0.5) is 11.4 Å². The van der Waals surface area contributed by atoms with E-state index in [0.29, 0.717) is 54.5 Å². The first-order valence-electron chi connectivity index (χ1n) is 11.2. The number of ether oxygens (including phenoxy) is 2. The summed E-state index contributed by atoms with van der Waals surface area (Å²) in [5.41, 5.74) is 3.81. The van der Waals surface area contributed by atoms with Gasteiger partial charge in [0.25, 0.3) is 5.91 Å². The molecule has 0 bridgehead atoms. The van der Waals surface area contributed by atoms with Gasteiger partial charge in [0, 0.05) is 24.1 Å². The summed E-state index contributed by atoms with van der Waals surface area (Å²) in [6, 6.07) is 20.5. The first-order valence-corrected chi connectivity index (χ1v) is 11.2. The van der Waals surface area contributed by atoms with Gasteiger partial charge < -0.3 is 20.1 Å². The summed E-state index contributed by atoms with van der Waals surface area (Å²) in [6.45, 7) is 6.57. The zero-order chi connectivity index (χ0) is 23.6. The molecule has 172 valence electrons. The fourth-order valence-electron chi connectivity index (χ4n) is 3.31. The molecular formula is C27H30N2O4. The van der Waals surface area contributed by atoms with Gasteiger partial charge in [-0.3, -0.25) is 9.59 Å². The number of hydrogen-bond donors (Lipinski definition) is 2. The van der Waals surface area contributed by atoms with E-state index in [4.69, 9.17) is 9.47 Å². The second-order valence-corrected chi connectivity index (χ2v) is 7.56. The number of benzene rings is 3. The highest BCUT2D eigenvalue weighted by atomic mass is 16.5. The van der Waals surface area contributed by atoms with Crippen LogP contribution in [0.2, 0.25) is 0 Å². The van der Waals surface area contributed by atoms with Crippen LogP contribution < -0.4 is 20.1 Å². The van der Waals surface area contributed by atoms with Gasteiger partial charge in [-0.2, -0.15) is 0 Å². The van der Waals surface area contributed by atoms with Crippen molar-refractivity contribution in [1.29, 1.82) is 0 Å². The maximum Gasteiger partial charge on any atom is 0.255 e. The number of aryl methyl sites for hydroxylation is 2. The van der Waals surface area contributed by atoms with Crippen molar-refractivity contribution in [2.45, 2.75) is 33.6 Å². The van der Waals surface area contributed by atoms with Crippen LogP contribution in [-0.4, -0.2) is 25.0 Å². The third-order valence-electron chi connectivity index (χ3n) is 5.00. The van der Waals surface area contributed by atoms with E-state index in [1.54, 1.807) is 36.4 Å². The van der Waals surface area contributed by atoms with Gasteiger partial charge in [-0.05, 0) is 44.9 Å². The fraction of sp³-hybridized carbons (Fsp3) is 0.259. The number of nitrogens with one attached hydrogen (secondary N) is 2. The van der Waals surface area contributed by atoms with Gasteiger partial charge in [-0.1, -0.05) is 48.0 Å². The molecule has 0 heterocycles. The Morgan fingerprint density at radius 3 is 1.94 bits per heavy atom. The zero-order valence-electron chi connectivity index (χ0n) is 19.3. The van der Waals surface area contributed by atoms with Crippen LogP contribution in [0.5, 0.6) is 11.5 Å². The molecule has 3 aromatic rings. The normalized spacial score (nSPS) is 10.4. The lowest BCUT2D eigenvalue weighted by atomic mass is 10.1. The summed E-state index contributed by atoms with van der Waals surface area (Å²) >= 11 is 0. The van der Waals surface area contributed by atoms with Crippen LogP contribution >= 0.6 is 0 Å². The van der Waals surface area contributed by atoms with Crippen molar-refractivity contribution in [3.05, 3.63) is 83.4 Å². The van der Waals surface area contributed by atoms with Crippen LogP contribution in [0.25, 0.3) is 0 Å². The predicted octanol–water partition coefficient (Wildman–Crippen LogP) is 5.62. The molecule has 6 heteroatoms. The fourth-order valence-corrected chi connectivity index (χ4v) is 3.31. The van der Waals surface area contributed by atoms with Gasteiger partial charge in [0.2, 0.25) is 5.91 Å². The molecule has 0 aliphatic carbocycles. The van der Waals surface area contributed by atoms with Gasteiger partial charge >= 0.3 is 0 Å². The Morgan fingerprint density at radius 2 is 1.36 bits per heavy atom. The topological polar surface area (TPSA) is 76.7 Å². The van der Waals surface area contributed by atoms with E-state index in [9.17, 15) is 9.59 Å². The van der Waals surface area contributed by atoms with Gasteiger partial charge in [0.1, 0.15) is 11.5 Å². The number of hydrogen-bond acceptors (Lipinski definition) is 4. The molecule has 0 aromatic heterocycles. The van der Waals surface area contributed by atoms with E-state index in [1.807, 2.05) is 51.1 Å². The lowest BCUT2D eigenvalue weighted by Gasteiger charge is -2.18. The molecule has 2 amide bonds.